The van der Waals surface area contributed by atoms with E-state index in [0.717, 1.165) is 48.8 Å². The van der Waals surface area contributed by atoms with Crippen molar-refractivity contribution < 1.29 is 18.6 Å². The molecule has 1 saturated heterocycles. The fraction of sp³-hybridized carbons (Fsp3) is 0.481. The normalized spacial score (nSPS) is 17.0. The number of nitrogens with one attached hydrogen (secondary N) is 1. The lowest BCUT2D eigenvalue weighted by Gasteiger charge is -2.31. The van der Waals surface area contributed by atoms with Crippen LogP contribution >= 0.6 is 0 Å². The summed E-state index contributed by atoms with van der Waals surface area (Å²) in [6.45, 7) is 7.44. The summed E-state index contributed by atoms with van der Waals surface area (Å²) in [6.07, 6.45) is 3.15. The highest BCUT2D eigenvalue weighted by Crippen LogP contribution is 2.40. The van der Waals surface area contributed by atoms with Gasteiger partial charge in [-0.3, -0.25) is 0 Å². The fourth-order valence-electron chi connectivity index (χ4n) is 5.54. The van der Waals surface area contributed by atoms with Gasteiger partial charge >= 0.3 is 0 Å². The number of aromatic nitrogens is 2. The molecule has 8 heteroatoms. The van der Waals surface area contributed by atoms with Crippen molar-refractivity contribution in [1.29, 1.82) is 0 Å². The van der Waals surface area contributed by atoms with Gasteiger partial charge in [-0.1, -0.05) is 18.2 Å². The lowest BCUT2D eigenvalue weighted by Crippen LogP contribution is -2.36. The fourth-order valence-corrected chi connectivity index (χ4v) is 5.54. The van der Waals surface area contributed by atoms with Crippen molar-refractivity contribution in [2.75, 3.05) is 43.1 Å². The lowest BCUT2D eigenvalue weighted by molar-refractivity contribution is -0.0561. The maximum absolute atomic E-state index is 14.3. The molecule has 6 nitrogen and oxygen atoms in total. The third-order valence-electron chi connectivity index (χ3n) is 7.29. The minimum atomic E-state index is -3.29. The largest absolute Gasteiger partial charge is 0.390 e. The molecule has 1 aliphatic carbocycles. The first-order valence-corrected chi connectivity index (χ1v) is 12.3. The van der Waals surface area contributed by atoms with Gasteiger partial charge in [0.15, 0.2) is 0 Å². The molecule has 3 aromatic rings. The summed E-state index contributed by atoms with van der Waals surface area (Å²) >= 11 is 0. The summed E-state index contributed by atoms with van der Waals surface area (Å²) in [5.74, 6) is -1.90. The van der Waals surface area contributed by atoms with Crippen molar-refractivity contribution in [3.63, 3.8) is 0 Å². The lowest BCUT2D eigenvalue weighted by atomic mass is 9.94. The quantitative estimate of drug-likeness (QED) is 0.525. The molecule has 1 aliphatic heterocycles. The number of morpholine rings is 1. The van der Waals surface area contributed by atoms with E-state index in [2.05, 4.69) is 16.3 Å². The third kappa shape index (κ3) is 4.34. The molecule has 2 N–H and O–H groups in total. The second-order valence-electron chi connectivity index (χ2n) is 9.57. The van der Waals surface area contributed by atoms with Crippen LogP contribution in [0, 0.1) is 13.8 Å². The summed E-state index contributed by atoms with van der Waals surface area (Å²) in [4.78, 5) is 12.0. The molecule has 186 valence electrons. The number of halogens is 2. The highest BCUT2D eigenvalue weighted by atomic mass is 19.3. The second-order valence-corrected chi connectivity index (χ2v) is 9.57. The number of aliphatic hydroxyl groups excluding tert-OH is 1. The Hall–Kier alpha value is -2.84. The van der Waals surface area contributed by atoms with Crippen molar-refractivity contribution in [3.8, 4) is 0 Å². The number of alkyl halides is 2. The topological polar surface area (TPSA) is 70.5 Å². The summed E-state index contributed by atoms with van der Waals surface area (Å²) in [5.41, 5.74) is 5.96. The molecule has 1 atom stereocenters. The van der Waals surface area contributed by atoms with Gasteiger partial charge in [0.05, 0.1) is 24.8 Å². The van der Waals surface area contributed by atoms with Gasteiger partial charge in [0.25, 0.3) is 5.92 Å². The number of fused-ring (bicyclic) bond motifs is 3. The van der Waals surface area contributed by atoms with Crippen molar-refractivity contribution >= 4 is 22.4 Å². The van der Waals surface area contributed by atoms with Crippen LogP contribution in [0.2, 0.25) is 0 Å². The van der Waals surface area contributed by atoms with Gasteiger partial charge in [0.2, 0.25) is 0 Å². The molecule has 2 aliphatic rings. The summed E-state index contributed by atoms with van der Waals surface area (Å²) in [7, 11) is 0. The van der Waals surface area contributed by atoms with E-state index >= 15 is 0 Å². The zero-order valence-corrected chi connectivity index (χ0v) is 20.5. The number of aliphatic hydroxyl groups is 1. The first-order chi connectivity index (χ1) is 16.8. The van der Waals surface area contributed by atoms with Crippen LogP contribution in [0.4, 0.5) is 20.3 Å². The zero-order chi connectivity index (χ0) is 24.7. The van der Waals surface area contributed by atoms with Gasteiger partial charge in [-0.25, -0.2) is 9.97 Å². The molecule has 0 saturated carbocycles. The predicted molar refractivity (Wildman–Crippen MR) is 134 cm³/mol. The van der Waals surface area contributed by atoms with Crippen molar-refractivity contribution in [2.24, 2.45) is 0 Å². The van der Waals surface area contributed by atoms with Crippen LogP contribution < -0.4 is 10.2 Å². The Bertz CT molecular complexity index is 1260. The Morgan fingerprint density at radius 1 is 1.14 bits per heavy atom. The third-order valence-corrected chi connectivity index (χ3v) is 7.29. The van der Waals surface area contributed by atoms with Gasteiger partial charge in [0.1, 0.15) is 18.2 Å². The van der Waals surface area contributed by atoms with E-state index in [1.165, 1.54) is 22.9 Å². The standard InChI is InChI=1S/C27H32F2N4O2/c1-16-19(6-5-9-23(16)27(28,29)15-34)17(2)30-26-22-14-24(33-10-12-35-13-11-33)20-7-4-8-21(20)25(22)31-18(3)32-26/h5-6,9,14,17,34H,4,7-8,10-13,15H2,1-3H3,(H,30,31,32)/t17-/m1/s1. The van der Waals surface area contributed by atoms with Crippen molar-refractivity contribution in [2.45, 2.75) is 52.0 Å². The number of benzene rings is 2. The van der Waals surface area contributed by atoms with E-state index in [9.17, 15) is 13.9 Å². The van der Waals surface area contributed by atoms with E-state index in [-0.39, 0.29) is 11.6 Å². The average Bonchev–Trinajstić information content (AvgIpc) is 3.34. The monoisotopic (exact) mass is 482 g/mol. The minimum absolute atomic E-state index is 0.151. The smallest absolute Gasteiger partial charge is 0.296 e. The molecular formula is C27H32F2N4O2. The van der Waals surface area contributed by atoms with Crippen molar-refractivity contribution in [3.05, 3.63) is 57.9 Å². The molecule has 0 unspecified atom stereocenters. The number of hydrogen-bond acceptors (Lipinski definition) is 6. The number of anilines is 2. The van der Waals surface area contributed by atoms with E-state index in [0.29, 0.717) is 30.4 Å². The summed E-state index contributed by atoms with van der Waals surface area (Å²) < 4.78 is 34.2. The van der Waals surface area contributed by atoms with Gasteiger partial charge in [0, 0.05) is 29.7 Å². The van der Waals surface area contributed by atoms with Crippen LogP contribution in [0.25, 0.3) is 10.9 Å². The molecule has 1 fully saturated rings. The Kier molecular flexibility index (Phi) is 6.36. The Balaban J connectivity index is 1.58. The molecule has 1 aromatic heterocycles. The average molecular weight is 483 g/mol. The molecule has 0 bridgehead atoms. The highest BCUT2D eigenvalue weighted by Gasteiger charge is 2.33. The van der Waals surface area contributed by atoms with Crippen LogP contribution in [-0.2, 0) is 23.5 Å². The first-order valence-electron chi connectivity index (χ1n) is 12.3. The zero-order valence-electron chi connectivity index (χ0n) is 20.5. The molecule has 0 radical (unpaired) electrons. The van der Waals surface area contributed by atoms with Crippen LogP contribution in [0.3, 0.4) is 0 Å². The number of hydrogen-bond donors (Lipinski definition) is 2. The number of nitrogens with zero attached hydrogens (tertiary/aromatic N) is 3. The van der Waals surface area contributed by atoms with Crippen molar-refractivity contribution in [1.82, 2.24) is 9.97 Å². The van der Waals surface area contributed by atoms with Gasteiger partial charge in [-0.05, 0) is 68.4 Å². The summed E-state index contributed by atoms with van der Waals surface area (Å²) in [5, 5.41) is 13.7. The van der Waals surface area contributed by atoms with Gasteiger partial charge in [-0.15, -0.1) is 0 Å². The SMILES string of the molecule is Cc1nc(N[C@H](C)c2cccc(C(F)(F)CO)c2C)c2cc(N3CCOCC3)c3c(c2n1)CCC3. The molecular weight excluding hydrogens is 450 g/mol. The van der Waals surface area contributed by atoms with Gasteiger partial charge < -0.3 is 20.1 Å². The van der Waals surface area contributed by atoms with Crippen LogP contribution in [0.1, 0.15) is 53.0 Å². The maximum Gasteiger partial charge on any atom is 0.296 e. The van der Waals surface area contributed by atoms with E-state index < -0.39 is 12.5 Å². The molecule has 2 heterocycles. The first kappa shape index (κ1) is 23.9. The number of ether oxygens (including phenoxy) is 1. The molecule has 35 heavy (non-hydrogen) atoms. The van der Waals surface area contributed by atoms with Crippen LogP contribution in [0.15, 0.2) is 24.3 Å². The predicted octanol–water partition coefficient (Wildman–Crippen LogP) is 4.83. The van der Waals surface area contributed by atoms with E-state index in [4.69, 9.17) is 14.7 Å². The maximum atomic E-state index is 14.3. The molecule has 2 aromatic carbocycles. The molecule has 5 rings (SSSR count). The second kappa shape index (κ2) is 9.32. The molecule has 0 spiro atoms. The minimum Gasteiger partial charge on any atom is -0.390 e. The van der Waals surface area contributed by atoms with E-state index in [1.807, 2.05) is 19.9 Å². The Morgan fingerprint density at radius 3 is 2.63 bits per heavy atom. The van der Waals surface area contributed by atoms with E-state index in [1.54, 1.807) is 13.0 Å². The van der Waals surface area contributed by atoms with Gasteiger partial charge in [-0.2, -0.15) is 8.78 Å². The number of rotatable bonds is 6. The van der Waals surface area contributed by atoms with Crippen LogP contribution in [-0.4, -0.2) is 48.0 Å². The summed E-state index contributed by atoms with van der Waals surface area (Å²) in [6, 6.07) is 6.76. The Morgan fingerprint density at radius 2 is 1.89 bits per heavy atom. The number of aryl methyl sites for hydroxylation is 2. The van der Waals surface area contributed by atoms with Crippen LogP contribution in [0.5, 0.6) is 0 Å². The highest BCUT2D eigenvalue weighted by molar-refractivity contribution is 5.96. The molecule has 0 amide bonds. The Labute approximate surface area is 204 Å².